The topological polar surface area (TPSA) is 72.7 Å². The van der Waals surface area contributed by atoms with Gasteiger partial charge in [0.25, 0.3) is 5.91 Å². The molecule has 7 nitrogen and oxygen atoms in total. The van der Waals surface area contributed by atoms with E-state index in [-0.39, 0.29) is 11.9 Å². The van der Waals surface area contributed by atoms with Crippen LogP contribution in [0.1, 0.15) is 6.04 Å². The van der Waals surface area contributed by atoms with Gasteiger partial charge in [0.15, 0.2) is 0 Å². The third-order valence-electron chi connectivity index (χ3n) is 4.07. The minimum absolute atomic E-state index is 0.274. The summed E-state index contributed by atoms with van der Waals surface area (Å²) in [6.07, 6.45) is 1.86. The zero-order valence-electron chi connectivity index (χ0n) is 12.1. The van der Waals surface area contributed by atoms with Crippen LogP contribution in [0.25, 0.3) is 11.3 Å². The molecule has 1 aromatic heterocycles. The van der Waals surface area contributed by atoms with Crippen molar-refractivity contribution in [3.05, 3.63) is 36.5 Å². The molecule has 4 rings (SSSR count). The van der Waals surface area contributed by atoms with Gasteiger partial charge in [0.2, 0.25) is 11.9 Å². The number of nitrogens with one attached hydrogen (secondary N) is 1. The molecule has 1 atom stereocenters. The minimum Gasteiger partial charge on any atom is -0.270 e. The summed E-state index contributed by atoms with van der Waals surface area (Å²) in [6.45, 7) is 0. The van der Waals surface area contributed by atoms with Gasteiger partial charge in [0.05, 0.1) is 0 Å². The first-order chi connectivity index (χ1) is 10.6. The van der Waals surface area contributed by atoms with Crippen molar-refractivity contribution in [2.24, 2.45) is 4.99 Å². The number of carbonyl (C=O) groups excluding carboxylic acids is 2. The van der Waals surface area contributed by atoms with Crippen LogP contribution in [0.4, 0.5) is 10.7 Å². The average molecular weight is 296 g/mol. The highest BCUT2D eigenvalue weighted by molar-refractivity contribution is 6.18. The molecular formula is C15H14N5O2+. The standard InChI is InChI=1S/C15H13N5O2/c1-18-12-11(13(21)19(2)15(18)22)20-8-10(16-14(20)17-12)9-6-4-3-5-7-9/h3-8,11H,1-2H3/p+1. The van der Waals surface area contributed by atoms with Crippen molar-refractivity contribution < 1.29 is 14.2 Å². The lowest BCUT2D eigenvalue weighted by atomic mass is 10.1. The number of aliphatic imine (C=N–C) groups is 1. The van der Waals surface area contributed by atoms with Gasteiger partial charge in [-0.2, -0.15) is 0 Å². The van der Waals surface area contributed by atoms with Gasteiger partial charge in [-0.25, -0.2) is 14.3 Å². The van der Waals surface area contributed by atoms with Crippen LogP contribution < -0.4 is 4.57 Å². The number of aromatic amines is 1. The molecule has 0 saturated carbocycles. The minimum atomic E-state index is -0.587. The van der Waals surface area contributed by atoms with Crippen molar-refractivity contribution in [3.8, 4) is 11.3 Å². The maximum atomic E-state index is 12.4. The van der Waals surface area contributed by atoms with Crippen LogP contribution in [0.15, 0.2) is 41.5 Å². The largest absolute Gasteiger partial charge is 0.399 e. The summed E-state index contributed by atoms with van der Waals surface area (Å²) in [4.78, 5) is 34.6. The molecule has 3 amide bonds. The number of hydrogen-bond acceptors (Lipinski definition) is 3. The molecule has 110 valence electrons. The second kappa shape index (κ2) is 4.27. The fourth-order valence-electron chi connectivity index (χ4n) is 2.85. The number of carbonyl (C=O) groups is 2. The molecule has 1 aromatic carbocycles. The second-order valence-corrected chi connectivity index (χ2v) is 5.38. The summed E-state index contributed by atoms with van der Waals surface area (Å²) in [5, 5.41) is 0. The molecular weight excluding hydrogens is 282 g/mol. The van der Waals surface area contributed by atoms with E-state index in [1.54, 1.807) is 11.6 Å². The predicted molar refractivity (Wildman–Crippen MR) is 78.5 cm³/mol. The maximum absolute atomic E-state index is 12.4. The number of benzene rings is 1. The summed E-state index contributed by atoms with van der Waals surface area (Å²) >= 11 is 0. The van der Waals surface area contributed by atoms with Crippen molar-refractivity contribution in [2.75, 3.05) is 14.1 Å². The lowest BCUT2D eigenvalue weighted by Gasteiger charge is -2.30. The fourth-order valence-corrected chi connectivity index (χ4v) is 2.85. The first-order valence-electron chi connectivity index (χ1n) is 6.91. The monoisotopic (exact) mass is 296 g/mol. The second-order valence-electron chi connectivity index (χ2n) is 5.38. The van der Waals surface area contributed by atoms with Crippen molar-refractivity contribution in [1.29, 1.82) is 0 Å². The quantitative estimate of drug-likeness (QED) is 0.800. The van der Waals surface area contributed by atoms with Gasteiger partial charge in [0.1, 0.15) is 11.9 Å². The van der Waals surface area contributed by atoms with Crippen LogP contribution in [0, 0.1) is 0 Å². The molecule has 0 radical (unpaired) electrons. The summed E-state index contributed by atoms with van der Waals surface area (Å²) in [6, 6.07) is 8.86. The molecule has 0 spiro atoms. The molecule has 1 fully saturated rings. The van der Waals surface area contributed by atoms with Crippen LogP contribution in [0.2, 0.25) is 0 Å². The van der Waals surface area contributed by atoms with Crippen molar-refractivity contribution in [1.82, 2.24) is 14.8 Å². The highest BCUT2D eigenvalue weighted by Gasteiger charge is 2.51. The van der Waals surface area contributed by atoms with Gasteiger partial charge in [-0.1, -0.05) is 35.3 Å². The number of H-pyrrole nitrogens is 1. The number of imide groups is 1. The predicted octanol–water partition coefficient (Wildman–Crippen LogP) is 1.08. The summed E-state index contributed by atoms with van der Waals surface area (Å²) < 4.78 is 1.78. The third-order valence-corrected chi connectivity index (χ3v) is 4.07. The fraction of sp³-hybridized carbons (Fsp3) is 0.200. The Balaban J connectivity index is 1.82. The molecule has 1 N–H and O–H groups in total. The molecule has 0 bridgehead atoms. The number of amides is 3. The van der Waals surface area contributed by atoms with E-state index in [1.165, 1.54) is 11.9 Å². The van der Waals surface area contributed by atoms with E-state index in [2.05, 4.69) is 9.98 Å². The Labute approximate surface area is 126 Å². The van der Waals surface area contributed by atoms with Gasteiger partial charge < -0.3 is 0 Å². The first kappa shape index (κ1) is 12.8. The maximum Gasteiger partial charge on any atom is 0.399 e. The Kier molecular flexibility index (Phi) is 2.47. The number of rotatable bonds is 1. The average Bonchev–Trinajstić information content (AvgIpc) is 3.09. The zero-order chi connectivity index (χ0) is 15.4. The van der Waals surface area contributed by atoms with E-state index in [1.807, 2.05) is 36.5 Å². The molecule has 0 aliphatic carbocycles. The molecule has 7 heteroatoms. The van der Waals surface area contributed by atoms with E-state index >= 15 is 0 Å². The highest BCUT2D eigenvalue weighted by atomic mass is 16.2. The van der Waals surface area contributed by atoms with Gasteiger partial charge >= 0.3 is 12.0 Å². The summed E-state index contributed by atoms with van der Waals surface area (Å²) in [7, 11) is 3.11. The Hall–Kier alpha value is -2.96. The van der Waals surface area contributed by atoms with Gasteiger partial charge in [-0.3, -0.25) is 14.6 Å². The molecule has 1 saturated heterocycles. The van der Waals surface area contributed by atoms with E-state index in [4.69, 9.17) is 0 Å². The molecule has 22 heavy (non-hydrogen) atoms. The van der Waals surface area contributed by atoms with E-state index in [0.717, 1.165) is 16.2 Å². The number of hydrogen-bond donors (Lipinski definition) is 1. The SMILES string of the molecule is CN1C(=O)C2C(=Nc3[nH]c(-c4ccccc4)c[n+]32)N(C)C1=O. The zero-order valence-corrected chi connectivity index (χ0v) is 12.1. The Morgan fingerprint density at radius 2 is 1.86 bits per heavy atom. The molecule has 2 aliphatic rings. The van der Waals surface area contributed by atoms with Gasteiger partial charge in [-0.15, -0.1) is 0 Å². The van der Waals surface area contributed by atoms with Crippen LogP contribution in [-0.4, -0.2) is 46.7 Å². The van der Waals surface area contributed by atoms with Crippen molar-refractivity contribution >= 4 is 23.7 Å². The van der Waals surface area contributed by atoms with Gasteiger partial charge in [0, 0.05) is 19.7 Å². The molecule has 3 heterocycles. The van der Waals surface area contributed by atoms with Gasteiger partial charge in [-0.05, 0) is 0 Å². The van der Waals surface area contributed by atoms with Crippen LogP contribution in [0.3, 0.4) is 0 Å². The smallest absolute Gasteiger partial charge is 0.270 e. The third kappa shape index (κ3) is 1.56. The lowest BCUT2D eigenvalue weighted by molar-refractivity contribution is -0.676. The Morgan fingerprint density at radius 3 is 2.59 bits per heavy atom. The van der Waals surface area contributed by atoms with E-state index in [9.17, 15) is 9.59 Å². The number of nitrogens with zero attached hydrogens (tertiary/aromatic N) is 4. The Bertz CT molecular complexity index is 824. The van der Waals surface area contributed by atoms with Crippen LogP contribution in [0.5, 0.6) is 0 Å². The number of urea groups is 1. The van der Waals surface area contributed by atoms with E-state index < -0.39 is 6.04 Å². The van der Waals surface area contributed by atoms with Crippen molar-refractivity contribution in [3.63, 3.8) is 0 Å². The summed E-state index contributed by atoms with van der Waals surface area (Å²) in [5.41, 5.74) is 1.90. The highest BCUT2D eigenvalue weighted by Crippen LogP contribution is 2.28. The number of aromatic nitrogens is 2. The lowest BCUT2D eigenvalue weighted by Crippen LogP contribution is -2.61. The number of amidine groups is 1. The summed E-state index contributed by atoms with van der Waals surface area (Å²) in [5.74, 6) is 0.755. The van der Waals surface area contributed by atoms with Crippen LogP contribution in [-0.2, 0) is 4.79 Å². The first-order valence-corrected chi connectivity index (χ1v) is 6.91. The number of fused-ring (bicyclic) bond motifs is 3. The van der Waals surface area contributed by atoms with Crippen LogP contribution >= 0.6 is 0 Å². The molecule has 2 aliphatic heterocycles. The number of imidazole rings is 1. The van der Waals surface area contributed by atoms with E-state index in [0.29, 0.717) is 11.8 Å². The number of likely N-dealkylation sites (N-methyl/N-ethyl adjacent to an activating group) is 2. The Morgan fingerprint density at radius 1 is 1.14 bits per heavy atom. The normalized spacial score (nSPS) is 20.1. The molecule has 2 aromatic rings. The molecule has 1 unspecified atom stereocenters. The van der Waals surface area contributed by atoms with Crippen molar-refractivity contribution in [2.45, 2.75) is 6.04 Å².